The van der Waals surface area contributed by atoms with Gasteiger partial charge in [0.25, 0.3) is 0 Å². The summed E-state index contributed by atoms with van der Waals surface area (Å²) in [5.74, 6) is 4.55. The van der Waals surface area contributed by atoms with Crippen molar-refractivity contribution in [1.29, 1.82) is 0 Å². The smallest absolute Gasteiger partial charge is 0.353 e. The SMILES string of the molecule is CNC(=O)C1CCC(CNC(=O)N/N=C/[C@H](CC(=O)OC(C)(C)C)NC(=O)[C@@H]2CCCN3C(=O)CCN(N)C(=O)N23)CC1. The summed E-state index contributed by atoms with van der Waals surface area (Å²) in [6.07, 6.45) is 4.86. The van der Waals surface area contributed by atoms with Crippen LogP contribution in [0.4, 0.5) is 9.59 Å². The molecule has 6 N–H and O–H groups in total. The highest BCUT2D eigenvalue weighted by atomic mass is 16.6. The van der Waals surface area contributed by atoms with Gasteiger partial charge in [0.15, 0.2) is 0 Å². The Morgan fingerprint density at radius 2 is 1.77 bits per heavy atom. The maximum atomic E-state index is 13.4. The molecule has 16 heteroatoms. The first kappa shape index (κ1) is 33.6. The molecule has 0 aromatic carbocycles. The van der Waals surface area contributed by atoms with Crippen molar-refractivity contribution in [3.63, 3.8) is 0 Å². The van der Waals surface area contributed by atoms with Gasteiger partial charge in [-0.25, -0.2) is 30.9 Å². The summed E-state index contributed by atoms with van der Waals surface area (Å²) in [6, 6.07) is -3.28. The molecule has 43 heavy (non-hydrogen) atoms. The lowest BCUT2D eigenvalue weighted by atomic mass is 9.81. The van der Waals surface area contributed by atoms with Crippen LogP contribution in [0.2, 0.25) is 0 Å². The Labute approximate surface area is 251 Å². The average Bonchev–Trinajstić information content (AvgIpc) is 3.06. The van der Waals surface area contributed by atoms with E-state index in [1.807, 2.05) is 0 Å². The van der Waals surface area contributed by atoms with Crippen LogP contribution in [0.25, 0.3) is 0 Å². The molecule has 2 atom stereocenters. The molecule has 0 radical (unpaired) electrons. The molecular weight excluding hydrogens is 562 g/mol. The number of carbonyl (C=O) groups excluding carboxylic acids is 6. The molecule has 0 spiro atoms. The van der Waals surface area contributed by atoms with Gasteiger partial charge in [-0.05, 0) is 65.2 Å². The van der Waals surface area contributed by atoms with Crippen LogP contribution in [-0.2, 0) is 23.9 Å². The largest absolute Gasteiger partial charge is 0.460 e. The number of carbonyl (C=O) groups is 6. The monoisotopic (exact) mass is 607 g/mol. The standard InChI is InChI=1S/C27H45N9O7/c1-27(2,3)43-22(38)14-19(16-31-33-25(41)30-15-17-7-9-18(10-8-17)23(39)29-4)32-24(40)20-6-5-12-35-21(37)11-13-34(28)26(42)36(20)35/h16-20H,5-15,28H2,1-4H3,(H,29,39)(H,32,40)(H2,30,33,41)/b31-16+/t17?,18?,19-,20-/m0/s1. The van der Waals surface area contributed by atoms with Crippen molar-refractivity contribution in [3.8, 4) is 0 Å². The fraction of sp³-hybridized carbons (Fsp3) is 0.741. The summed E-state index contributed by atoms with van der Waals surface area (Å²) in [6.45, 7) is 5.85. The Kier molecular flexibility index (Phi) is 11.7. The van der Waals surface area contributed by atoms with Gasteiger partial charge in [0, 0.05) is 45.2 Å². The minimum Gasteiger partial charge on any atom is -0.460 e. The number of amides is 7. The van der Waals surface area contributed by atoms with Gasteiger partial charge in [0.1, 0.15) is 11.6 Å². The molecule has 3 aliphatic rings. The summed E-state index contributed by atoms with van der Waals surface area (Å²) in [7, 11) is 1.63. The van der Waals surface area contributed by atoms with E-state index in [0.717, 1.165) is 35.7 Å². The highest BCUT2D eigenvalue weighted by Gasteiger charge is 2.43. The van der Waals surface area contributed by atoms with Crippen molar-refractivity contribution in [2.75, 3.05) is 26.7 Å². The number of nitrogens with one attached hydrogen (secondary N) is 4. The fourth-order valence-electron chi connectivity index (χ4n) is 5.41. The van der Waals surface area contributed by atoms with E-state index in [1.54, 1.807) is 27.8 Å². The first-order chi connectivity index (χ1) is 20.3. The lowest BCUT2D eigenvalue weighted by Gasteiger charge is -2.42. The first-order valence-corrected chi connectivity index (χ1v) is 14.8. The lowest BCUT2D eigenvalue weighted by molar-refractivity contribution is -0.155. The number of ether oxygens (including phenoxy) is 1. The van der Waals surface area contributed by atoms with Crippen LogP contribution < -0.4 is 27.2 Å². The van der Waals surface area contributed by atoms with E-state index >= 15 is 0 Å². The molecular formula is C27H45N9O7. The van der Waals surface area contributed by atoms with Gasteiger partial charge in [-0.2, -0.15) is 5.10 Å². The predicted molar refractivity (Wildman–Crippen MR) is 154 cm³/mol. The van der Waals surface area contributed by atoms with E-state index in [0.29, 0.717) is 13.0 Å². The maximum absolute atomic E-state index is 13.4. The first-order valence-electron chi connectivity index (χ1n) is 14.8. The zero-order valence-electron chi connectivity index (χ0n) is 25.4. The highest BCUT2D eigenvalue weighted by Crippen LogP contribution is 2.28. The fourth-order valence-corrected chi connectivity index (χ4v) is 5.41. The molecule has 7 amide bonds. The van der Waals surface area contributed by atoms with Crippen LogP contribution in [0, 0.1) is 11.8 Å². The van der Waals surface area contributed by atoms with Gasteiger partial charge in [0.05, 0.1) is 12.5 Å². The molecule has 0 aromatic rings. The second-order valence-corrected chi connectivity index (χ2v) is 12.1. The third kappa shape index (κ3) is 9.80. The number of nitrogens with zero attached hydrogens (tertiary/aromatic N) is 4. The third-order valence-corrected chi connectivity index (χ3v) is 7.57. The van der Waals surface area contributed by atoms with Gasteiger partial charge in [-0.1, -0.05) is 0 Å². The number of fused-ring (bicyclic) bond motifs is 1. The van der Waals surface area contributed by atoms with Gasteiger partial charge >= 0.3 is 18.0 Å². The third-order valence-electron chi connectivity index (χ3n) is 7.57. The number of nitrogens with two attached hydrogens (primary N) is 1. The van der Waals surface area contributed by atoms with Crippen LogP contribution in [0.3, 0.4) is 0 Å². The molecule has 1 aliphatic carbocycles. The second-order valence-electron chi connectivity index (χ2n) is 12.1. The number of urea groups is 2. The van der Waals surface area contributed by atoms with Crippen molar-refractivity contribution in [1.82, 2.24) is 36.4 Å². The number of rotatable bonds is 9. The molecule has 16 nitrogen and oxygen atoms in total. The Hall–Kier alpha value is -3.95. The van der Waals surface area contributed by atoms with Crippen molar-refractivity contribution < 1.29 is 33.5 Å². The quantitative estimate of drug-likeness (QED) is 0.0787. The van der Waals surface area contributed by atoms with E-state index < -0.39 is 41.6 Å². The molecule has 0 aromatic heterocycles. The van der Waals surface area contributed by atoms with E-state index in [9.17, 15) is 28.8 Å². The van der Waals surface area contributed by atoms with E-state index in [1.165, 1.54) is 11.2 Å². The van der Waals surface area contributed by atoms with Crippen LogP contribution in [0.5, 0.6) is 0 Å². The van der Waals surface area contributed by atoms with Crippen LogP contribution in [0.15, 0.2) is 5.10 Å². The average molecular weight is 608 g/mol. The Morgan fingerprint density at radius 3 is 2.42 bits per heavy atom. The van der Waals surface area contributed by atoms with Crippen molar-refractivity contribution in [2.45, 2.75) is 89.8 Å². The number of hydrazone groups is 1. The summed E-state index contributed by atoms with van der Waals surface area (Å²) < 4.78 is 5.39. The number of hydrazine groups is 2. The number of esters is 1. The Balaban J connectivity index is 1.61. The molecule has 3 rings (SSSR count). The maximum Gasteiger partial charge on any atom is 0.353 e. The molecule has 3 fully saturated rings. The van der Waals surface area contributed by atoms with Gasteiger partial charge in [-0.3, -0.25) is 24.2 Å². The van der Waals surface area contributed by atoms with Crippen molar-refractivity contribution >= 4 is 42.0 Å². The minimum absolute atomic E-state index is 0.000635. The highest BCUT2D eigenvalue weighted by molar-refractivity contribution is 5.92. The molecule has 2 heterocycles. The predicted octanol–water partition coefficient (Wildman–Crippen LogP) is -0.0522. The van der Waals surface area contributed by atoms with Gasteiger partial charge in [0.2, 0.25) is 17.7 Å². The topological polar surface area (TPSA) is 208 Å². The van der Waals surface area contributed by atoms with Crippen LogP contribution >= 0.6 is 0 Å². The number of hydrogen-bond acceptors (Lipinski definition) is 9. The summed E-state index contributed by atoms with van der Waals surface area (Å²) in [4.78, 5) is 75.7. The Bertz CT molecular complexity index is 1090. The molecule has 2 aliphatic heterocycles. The van der Waals surface area contributed by atoms with E-state index in [2.05, 4.69) is 26.5 Å². The van der Waals surface area contributed by atoms with Crippen LogP contribution in [-0.4, -0.2) is 101 Å². The number of hydrogen-bond donors (Lipinski definition) is 5. The van der Waals surface area contributed by atoms with Crippen molar-refractivity contribution in [2.24, 2.45) is 22.8 Å². The lowest BCUT2D eigenvalue weighted by Crippen LogP contribution is -2.64. The zero-order chi connectivity index (χ0) is 31.7. The molecule has 240 valence electrons. The zero-order valence-corrected chi connectivity index (χ0v) is 25.4. The molecule has 0 unspecified atom stereocenters. The molecule has 0 bridgehead atoms. The van der Waals surface area contributed by atoms with Crippen LogP contribution in [0.1, 0.15) is 72.1 Å². The van der Waals surface area contributed by atoms with Crippen molar-refractivity contribution in [3.05, 3.63) is 0 Å². The van der Waals surface area contributed by atoms with E-state index in [4.69, 9.17) is 10.6 Å². The summed E-state index contributed by atoms with van der Waals surface area (Å²) >= 11 is 0. The normalized spacial score (nSPS) is 23.7. The minimum atomic E-state index is -1.04. The summed E-state index contributed by atoms with van der Waals surface area (Å²) in [5.41, 5.74) is 1.58. The van der Waals surface area contributed by atoms with E-state index in [-0.39, 0.29) is 56.0 Å². The molecule has 2 saturated heterocycles. The Morgan fingerprint density at radius 1 is 1.07 bits per heavy atom. The van der Waals surface area contributed by atoms with Gasteiger partial charge in [-0.15, -0.1) is 0 Å². The second kappa shape index (κ2) is 15.0. The van der Waals surface area contributed by atoms with Gasteiger partial charge < -0.3 is 20.7 Å². The summed E-state index contributed by atoms with van der Waals surface area (Å²) in [5, 5.41) is 15.3. The molecule has 1 saturated carbocycles.